The standard InChI is InChI=1S/C7H3ClINO/c8-7-4-3-6(9)11-5(4)1-2-10-7/h1-3H. The van der Waals surface area contributed by atoms with Crippen LogP contribution in [-0.4, -0.2) is 4.98 Å². The summed E-state index contributed by atoms with van der Waals surface area (Å²) in [6.45, 7) is 0. The molecule has 0 fully saturated rings. The molecule has 0 aliphatic rings. The fourth-order valence-corrected chi connectivity index (χ4v) is 1.65. The topological polar surface area (TPSA) is 26.0 Å². The molecule has 0 radical (unpaired) electrons. The van der Waals surface area contributed by atoms with Gasteiger partial charge in [0.15, 0.2) is 3.77 Å². The van der Waals surface area contributed by atoms with Gasteiger partial charge in [-0.1, -0.05) is 11.6 Å². The molecular formula is C7H3ClINO. The summed E-state index contributed by atoms with van der Waals surface area (Å²) in [5.41, 5.74) is 0.786. The molecule has 0 aromatic carbocycles. The van der Waals surface area contributed by atoms with Gasteiger partial charge in [-0.15, -0.1) is 0 Å². The number of nitrogens with zero attached hydrogens (tertiary/aromatic N) is 1. The molecular weight excluding hydrogens is 276 g/mol. The SMILES string of the molecule is Clc1nccc2oc(I)cc12. The van der Waals surface area contributed by atoms with Crippen molar-refractivity contribution in [3.05, 3.63) is 27.2 Å². The minimum atomic E-state index is 0.495. The van der Waals surface area contributed by atoms with Gasteiger partial charge < -0.3 is 4.42 Å². The number of aromatic nitrogens is 1. The van der Waals surface area contributed by atoms with E-state index in [1.807, 2.05) is 6.07 Å². The minimum Gasteiger partial charge on any atom is -0.450 e. The second kappa shape index (κ2) is 2.64. The first-order valence-electron chi connectivity index (χ1n) is 2.97. The Balaban J connectivity index is 2.90. The molecule has 2 rings (SSSR count). The Morgan fingerprint density at radius 2 is 2.36 bits per heavy atom. The van der Waals surface area contributed by atoms with Crippen molar-refractivity contribution < 1.29 is 4.42 Å². The highest BCUT2D eigenvalue weighted by Gasteiger charge is 2.04. The Hall–Kier alpha value is -0.290. The van der Waals surface area contributed by atoms with Crippen LogP contribution in [0.4, 0.5) is 0 Å². The van der Waals surface area contributed by atoms with E-state index < -0.39 is 0 Å². The summed E-state index contributed by atoms with van der Waals surface area (Å²) in [4.78, 5) is 3.92. The Morgan fingerprint density at radius 3 is 3.09 bits per heavy atom. The van der Waals surface area contributed by atoms with Gasteiger partial charge in [-0.3, -0.25) is 0 Å². The average Bonchev–Trinajstić information content (AvgIpc) is 2.31. The highest BCUT2D eigenvalue weighted by Crippen LogP contribution is 2.24. The van der Waals surface area contributed by atoms with Crippen LogP contribution in [0.2, 0.25) is 5.15 Å². The molecule has 2 aromatic heterocycles. The lowest BCUT2D eigenvalue weighted by Crippen LogP contribution is -1.71. The summed E-state index contributed by atoms with van der Waals surface area (Å²) in [7, 11) is 0. The van der Waals surface area contributed by atoms with Crippen molar-refractivity contribution in [1.29, 1.82) is 0 Å². The van der Waals surface area contributed by atoms with Crippen LogP contribution in [0.5, 0.6) is 0 Å². The molecule has 0 amide bonds. The molecule has 2 aromatic rings. The normalized spacial score (nSPS) is 10.7. The van der Waals surface area contributed by atoms with Crippen LogP contribution < -0.4 is 0 Å². The first-order chi connectivity index (χ1) is 5.27. The molecule has 0 aliphatic carbocycles. The van der Waals surface area contributed by atoms with Crippen LogP contribution in [0.3, 0.4) is 0 Å². The summed E-state index contributed by atoms with van der Waals surface area (Å²) in [6, 6.07) is 3.66. The minimum absolute atomic E-state index is 0.495. The summed E-state index contributed by atoms with van der Waals surface area (Å²) < 4.78 is 6.14. The number of pyridine rings is 1. The van der Waals surface area contributed by atoms with E-state index >= 15 is 0 Å². The van der Waals surface area contributed by atoms with E-state index in [9.17, 15) is 0 Å². The van der Waals surface area contributed by atoms with Crippen molar-refractivity contribution in [3.8, 4) is 0 Å². The molecule has 11 heavy (non-hydrogen) atoms. The second-order valence-corrected chi connectivity index (χ2v) is 3.49. The van der Waals surface area contributed by atoms with E-state index in [1.54, 1.807) is 12.3 Å². The van der Waals surface area contributed by atoms with Gasteiger partial charge in [-0.2, -0.15) is 0 Å². The van der Waals surface area contributed by atoms with Crippen molar-refractivity contribution in [3.63, 3.8) is 0 Å². The van der Waals surface area contributed by atoms with Crippen LogP contribution in [0.15, 0.2) is 22.7 Å². The molecule has 0 saturated carbocycles. The highest BCUT2D eigenvalue weighted by atomic mass is 127. The van der Waals surface area contributed by atoms with E-state index in [1.165, 1.54) is 0 Å². The third-order valence-corrected chi connectivity index (χ3v) is 2.20. The van der Waals surface area contributed by atoms with Gasteiger partial charge in [-0.05, 0) is 28.7 Å². The van der Waals surface area contributed by atoms with Gasteiger partial charge in [0.05, 0.1) is 5.39 Å². The zero-order chi connectivity index (χ0) is 7.84. The average molecular weight is 279 g/mol. The number of fused-ring (bicyclic) bond motifs is 1. The van der Waals surface area contributed by atoms with Crippen LogP contribution in [-0.2, 0) is 0 Å². The van der Waals surface area contributed by atoms with Gasteiger partial charge in [0.2, 0.25) is 0 Å². The van der Waals surface area contributed by atoms with Gasteiger partial charge >= 0.3 is 0 Å². The maximum atomic E-state index is 5.80. The van der Waals surface area contributed by atoms with Gasteiger partial charge in [-0.25, -0.2) is 4.98 Å². The number of halogens is 2. The van der Waals surface area contributed by atoms with Crippen LogP contribution in [0, 0.1) is 3.77 Å². The van der Waals surface area contributed by atoms with E-state index in [2.05, 4.69) is 27.6 Å². The lowest BCUT2D eigenvalue weighted by Gasteiger charge is -1.87. The number of furan rings is 1. The predicted octanol–water partition coefficient (Wildman–Crippen LogP) is 3.09. The van der Waals surface area contributed by atoms with E-state index in [0.29, 0.717) is 5.15 Å². The van der Waals surface area contributed by atoms with Crippen molar-refractivity contribution >= 4 is 45.2 Å². The summed E-state index contributed by atoms with van der Waals surface area (Å²) in [5, 5.41) is 1.37. The Labute approximate surface area is 81.7 Å². The highest BCUT2D eigenvalue weighted by molar-refractivity contribution is 14.1. The quantitative estimate of drug-likeness (QED) is 0.547. The molecule has 0 spiro atoms. The first-order valence-corrected chi connectivity index (χ1v) is 4.42. The smallest absolute Gasteiger partial charge is 0.165 e. The number of rotatable bonds is 0. The van der Waals surface area contributed by atoms with Gasteiger partial charge in [0, 0.05) is 12.3 Å². The molecule has 2 nitrogen and oxygen atoms in total. The van der Waals surface area contributed by atoms with Crippen molar-refractivity contribution in [2.24, 2.45) is 0 Å². The van der Waals surface area contributed by atoms with Crippen LogP contribution >= 0.6 is 34.2 Å². The summed E-state index contributed by atoms with van der Waals surface area (Å²) >= 11 is 7.89. The zero-order valence-electron chi connectivity index (χ0n) is 5.34. The van der Waals surface area contributed by atoms with E-state index in [4.69, 9.17) is 16.0 Å². The molecule has 0 atom stereocenters. The lowest BCUT2D eigenvalue weighted by molar-refractivity contribution is 0.584. The van der Waals surface area contributed by atoms with Crippen molar-refractivity contribution in [2.45, 2.75) is 0 Å². The third kappa shape index (κ3) is 1.22. The maximum Gasteiger partial charge on any atom is 0.165 e. The monoisotopic (exact) mass is 279 g/mol. The van der Waals surface area contributed by atoms with E-state index in [-0.39, 0.29) is 0 Å². The Kier molecular flexibility index (Phi) is 1.77. The number of hydrogen-bond donors (Lipinski definition) is 0. The molecule has 0 aliphatic heterocycles. The maximum absolute atomic E-state index is 5.80. The lowest BCUT2D eigenvalue weighted by atomic mass is 10.3. The Bertz CT molecular complexity index is 398. The van der Waals surface area contributed by atoms with Crippen LogP contribution in [0.25, 0.3) is 11.0 Å². The van der Waals surface area contributed by atoms with E-state index in [0.717, 1.165) is 14.7 Å². The summed E-state index contributed by atoms with van der Waals surface area (Å²) in [6.07, 6.45) is 1.63. The fraction of sp³-hybridized carbons (Fsp3) is 0. The molecule has 0 N–H and O–H groups in total. The molecule has 2 heterocycles. The second-order valence-electron chi connectivity index (χ2n) is 2.06. The van der Waals surface area contributed by atoms with Crippen molar-refractivity contribution in [1.82, 2.24) is 4.98 Å². The first kappa shape index (κ1) is 7.36. The largest absolute Gasteiger partial charge is 0.450 e. The molecule has 0 bridgehead atoms. The summed E-state index contributed by atoms with van der Waals surface area (Å²) in [5.74, 6) is 0. The van der Waals surface area contributed by atoms with Gasteiger partial charge in [0.1, 0.15) is 10.7 Å². The van der Waals surface area contributed by atoms with Gasteiger partial charge in [0.25, 0.3) is 0 Å². The molecule has 56 valence electrons. The molecule has 0 unspecified atom stereocenters. The fourth-order valence-electron chi connectivity index (χ4n) is 0.899. The Morgan fingerprint density at radius 1 is 1.55 bits per heavy atom. The van der Waals surface area contributed by atoms with Crippen molar-refractivity contribution in [2.75, 3.05) is 0 Å². The zero-order valence-corrected chi connectivity index (χ0v) is 8.26. The number of hydrogen-bond acceptors (Lipinski definition) is 2. The van der Waals surface area contributed by atoms with Crippen LogP contribution in [0.1, 0.15) is 0 Å². The third-order valence-electron chi connectivity index (χ3n) is 1.37. The predicted molar refractivity (Wildman–Crippen MR) is 51.7 cm³/mol. The molecule has 4 heteroatoms. The molecule has 0 saturated heterocycles.